The summed E-state index contributed by atoms with van der Waals surface area (Å²) < 4.78 is 5.03. The molecule has 3 aromatic rings. The number of hydrogen-bond acceptors (Lipinski definition) is 5. The number of para-hydroxylation sites is 1. The van der Waals surface area contributed by atoms with Crippen molar-refractivity contribution in [2.45, 2.75) is 6.54 Å². The molecule has 0 atom stereocenters. The second kappa shape index (κ2) is 7.26. The van der Waals surface area contributed by atoms with Crippen molar-refractivity contribution in [3.8, 4) is 0 Å². The second-order valence-corrected chi connectivity index (χ2v) is 5.06. The highest BCUT2D eigenvalue weighted by atomic mass is 16.3. The molecule has 25 heavy (non-hydrogen) atoms. The van der Waals surface area contributed by atoms with Crippen molar-refractivity contribution in [3.63, 3.8) is 0 Å². The molecule has 0 unspecified atom stereocenters. The molecule has 0 aliphatic heterocycles. The highest BCUT2D eigenvalue weighted by Gasteiger charge is 2.15. The number of aromatic nitrogens is 1. The monoisotopic (exact) mass is 338 g/mol. The van der Waals surface area contributed by atoms with Crippen molar-refractivity contribution in [3.05, 3.63) is 66.2 Å². The third-order valence-corrected chi connectivity index (χ3v) is 3.33. The van der Waals surface area contributed by atoms with E-state index in [1.165, 1.54) is 12.3 Å². The molecule has 0 bridgehead atoms. The molecular formula is C17H14N4O4. The van der Waals surface area contributed by atoms with Crippen LogP contribution in [0.3, 0.4) is 0 Å². The van der Waals surface area contributed by atoms with Crippen LogP contribution in [-0.4, -0.2) is 22.7 Å². The largest absolute Gasteiger partial charge is 0.467 e. The molecular weight excluding hydrogens is 324 g/mol. The lowest BCUT2D eigenvalue weighted by molar-refractivity contribution is -0.139. The maximum atomic E-state index is 12.0. The average Bonchev–Trinajstić information content (AvgIpc) is 3.17. The van der Waals surface area contributed by atoms with E-state index in [1.807, 2.05) is 23.6 Å². The summed E-state index contributed by atoms with van der Waals surface area (Å²) in [5, 5.41) is 3.25. The Morgan fingerprint density at radius 1 is 0.920 bits per heavy atom. The standard InChI is InChI=1S/C17H14N4O4/c22-15(14-8-7-11-4-1-2-6-13(11)19-14)20-21-17(24)16(23)18-10-12-5-3-9-25-12/h1-9H,10H2,(H,18,23)(H,20,22)(H,21,24). The zero-order chi connectivity index (χ0) is 17.6. The van der Waals surface area contributed by atoms with E-state index in [2.05, 4.69) is 15.7 Å². The Kier molecular flexibility index (Phi) is 4.70. The van der Waals surface area contributed by atoms with Crippen LogP contribution in [0.4, 0.5) is 0 Å². The number of furan rings is 1. The molecule has 3 N–H and O–H groups in total. The molecule has 3 amide bonds. The van der Waals surface area contributed by atoms with Gasteiger partial charge in [-0.15, -0.1) is 0 Å². The summed E-state index contributed by atoms with van der Waals surface area (Å²) in [6.45, 7) is 0.0689. The summed E-state index contributed by atoms with van der Waals surface area (Å²) in [6.07, 6.45) is 1.46. The van der Waals surface area contributed by atoms with Crippen LogP contribution in [0.5, 0.6) is 0 Å². The molecule has 0 spiro atoms. The van der Waals surface area contributed by atoms with Gasteiger partial charge in [0.05, 0.1) is 18.3 Å². The number of carbonyl (C=O) groups excluding carboxylic acids is 3. The van der Waals surface area contributed by atoms with Gasteiger partial charge in [0.25, 0.3) is 5.91 Å². The van der Waals surface area contributed by atoms with Crippen LogP contribution in [0.2, 0.25) is 0 Å². The van der Waals surface area contributed by atoms with Gasteiger partial charge in [-0.2, -0.15) is 0 Å². The van der Waals surface area contributed by atoms with E-state index < -0.39 is 17.7 Å². The first-order chi connectivity index (χ1) is 12.1. The summed E-state index contributed by atoms with van der Waals surface area (Å²) in [5.74, 6) is -2.02. The molecule has 1 aromatic carbocycles. The number of amides is 3. The predicted molar refractivity (Wildman–Crippen MR) is 87.9 cm³/mol. The Morgan fingerprint density at radius 3 is 2.56 bits per heavy atom. The Labute approximate surface area is 142 Å². The summed E-state index contributed by atoms with van der Waals surface area (Å²) in [5.41, 5.74) is 4.96. The van der Waals surface area contributed by atoms with Crippen LogP contribution in [0.25, 0.3) is 10.9 Å². The minimum Gasteiger partial charge on any atom is -0.467 e. The molecule has 0 saturated heterocycles. The summed E-state index contributed by atoms with van der Waals surface area (Å²) in [6, 6.07) is 13.9. The fourth-order valence-corrected chi connectivity index (χ4v) is 2.09. The third-order valence-electron chi connectivity index (χ3n) is 3.33. The smallest absolute Gasteiger partial charge is 0.327 e. The summed E-state index contributed by atoms with van der Waals surface area (Å²) in [7, 11) is 0. The van der Waals surface area contributed by atoms with Gasteiger partial charge in [-0.3, -0.25) is 25.2 Å². The normalized spacial score (nSPS) is 10.2. The number of rotatable bonds is 3. The van der Waals surface area contributed by atoms with Gasteiger partial charge in [0, 0.05) is 5.39 Å². The maximum Gasteiger partial charge on any atom is 0.327 e. The molecule has 8 nitrogen and oxygen atoms in total. The molecule has 3 rings (SSSR count). The molecule has 126 valence electrons. The van der Waals surface area contributed by atoms with E-state index in [1.54, 1.807) is 24.3 Å². The number of nitrogens with one attached hydrogen (secondary N) is 3. The number of fused-ring (bicyclic) bond motifs is 1. The fourth-order valence-electron chi connectivity index (χ4n) is 2.09. The molecule has 0 aliphatic rings. The number of benzene rings is 1. The van der Waals surface area contributed by atoms with Gasteiger partial charge in [0.1, 0.15) is 11.5 Å². The van der Waals surface area contributed by atoms with Crippen LogP contribution in [0.15, 0.2) is 59.2 Å². The highest BCUT2D eigenvalue weighted by molar-refractivity contribution is 6.35. The van der Waals surface area contributed by atoms with Gasteiger partial charge < -0.3 is 9.73 Å². The summed E-state index contributed by atoms with van der Waals surface area (Å²) >= 11 is 0. The number of carbonyl (C=O) groups is 3. The molecule has 0 aliphatic carbocycles. The van der Waals surface area contributed by atoms with Crippen molar-refractivity contribution < 1.29 is 18.8 Å². The Hall–Kier alpha value is -3.68. The molecule has 2 heterocycles. The first-order valence-corrected chi connectivity index (χ1v) is 7.40. The SMILES string of the molecule is O=C(NCc1ccco1)C(=O)NNC(=O)c1ccc2ccccc2n1. The van der Waals surface area contributed by atoms with E-state index >= 15 is 0 Å². The van der Waals surface area contributed by atoms with Gasteiger partial charge in [-0.1, -0.05) is 24.3 Å². The van der Waals surface area contributed by atoms with Crippen LogP contribution in [-0.2, 0) is 16.1 Å². The van der Waals surface area contributed by atoms with E-state index in [9.17, 15) is 14.4 Å². The van der Waals surface area contributed by atoms with Gasteiger partial charge in [-0.25, -0.2) is 4.98 Å². The lowest BCUT2D eigenvalue weighted by atomic mass is 10.2. The maximum absolute atomic E-state index is 12.0. The zero-order valence-electron chi connectivity index (χ0n) is 13.0. The van der Waals surface area contributed by atoms with Crippen molar-refractivity contribution in [1.82, 2.24) is 21.2 Å². The zero-order valence-corrected chi connectivity index (χ0v) is 13.0. The van der Waals surface area contributed by atoms with Crippen molar-refractivity contribution in [2.75, 3.05) is 0 Å². The van der Waals surface area contributed by atoms with Crippen LogP contribution >= 0.6 is 0 Å². The van der Waals surface area contributed by atoms with Crippen LogP contribution in [0, 0.1) is 0 Å². The topological polar surface area (TPSA) is 113 Å². The lowest BCUT2D eigenvalue weighted by Gasteiger charge is -2.07. The van der Waals surface area contributed by atoms with E-state index in [0.29, 0.717) is 11.3 Å². The molecule has 0 saturated carbocycles. The first kappa shape index (κ1) is 16.2. The molecule has 8 heteroatoms. The van der Waals surface area contributed by atoms with Gasteiger partial charge in [0.2, 0.25) is 0 Å². The number of hydrogen-bond donors (Lipinski definition) is 3. The number of hydrazine groups is 1. The lowest BCUT2D eigenvalue weighted by Crippen LogP contribution is -2.48. The number of nitrogens with zero attached hydrogens (tertiary/aromatic N) is 1. The van der Waals surface area contributed by atoms with Crippen molar-refractivity contribution in [2.24, 2.45) is 0 Å². The molecule has 0 radical (unpaired) electrons. The third kappa shape index (κ3) is 3.99. The van der Waals surface area contributed by atoms with Crippen molar-refractivity contribution in [1.29, 1.82) is 0 Å². The molecule has 2 aromatic heterocycles. The number of pyridine rings is 1. The van der Waals surface area contributed by atoms with E-state index in [-0.39, 0.29) is 12.2 Å². The second-order valence-electron chi connectivity index (χ2n) is 5.06. The van der Waals surface area contributed by atoms with Gasteiger partial charge in [0.15, 0.2) is 0 Å². The average molecular weight is 338 g/mol. The first-order valence-electron chi connectivity index (χ1n) is 7.40. The van der Waals surface area contributed by atoms with Gasteiger partial charge >= 0.3 is 11.8 Å². The Morgan fingerprint density at radius 2 is 1.76 bits per heavy atom. The minimum absolute atomic E-state index is 0.0689. The van der Waals surface area contributed by atoms with Gasteiger partial charge in [-0.05, 0) is 24.3 Å². The Bertz CT molecular complexity index is 921. The Balaban J connectivity index is 1.53. The fraction of sp³-hybridized carbons (Fsp3) is 0.0588. The summed E-state index contributed by atoms with van der Waals surface area (Å²) in [4.78, 5) is 39.5. The van der Waals surface area contributed by atoms with Crippen LogP contribution < -0.4 is 16.2 Å². The van der Waals surface area contributed by atoms with Crippen molar-refractivity contribution >= 4 is 28.6 Å². The predicted octanol–water partition coefficient (Wildman–Crippen LogP) is 0.905. The molecule has 0 fully saturated rings. The highest BCUT2D eigenvalue weighted by Crippen LogP contribution is 2.11. The quantitative estimate of drug-likeness (QED) is 0.485. The van der Waals surface area contributed by atoms with Crippen LogP contribution in [0.1, 0.15) is 16.2 Å². The van der Waals surface area contributed by atoms with E-state index in [4.69, 9.17) is 4.42 Å². The van der Waals surface area contributed by atoms with E-state index in [0.717, 1.165) is 5.39 Å². The minimum atomic E-state index is -0.999.